The van der Waals surface area contributed by atoms with Crippen LogP contribution in [0.15, 0.2) is 48.5 Å². The third-order valence-corrected chi connectivity index (χ3v) is 2.45. The van der Waals surface area contributed by atoms with Crippen molar-refractivity contribution in [1.82, 2.24) is 0 Å². The Morgan fingerprint density at radius 3 is 2.53 bits per heavy atom. The number of benzene rings is 2. The molecule has 1 amide bonds. The van der Waals surface area contributed by atoms with Gasteiger partial charge < -0.3 is 5.32 Å². The minimum absolute atomic E-state index is 0.0753. The standard InChI is InChI=1S/C13H9ClFNO/c14-10-6-7-11(15)12(8-10)16-13(17)9-4-2-1-3-5-9/h1-8H,(H,16,17). The Labute approximate surface area is 103 Å². The van der Waals surface area contributed by atoms with Gasteiger partial charge >= 0.3 is 0 Å². The predicted octanol–water partition coefficient (Wildman–Crippen LogP) is 3.73. The molecule has 1 N–H and O–H groups in total. The second-order valence-corrected chi connectivity index (χ2v) is 3.88. The van der Waals surface area contributed by atoms with Crippen LogP contribution in [0.25, 0.3) is 0 Å². The van der Waals surface area contributed by atoms with Gasteiger partial charge in [-0.1, -0.05) is 29.8 Å². The monoisotopic (exact) mass is 249 g/mol. The minimum Gasteiger partial charge on any atom is -0.319 e. The summed E-state index contributed by atoms with van der Waals surface area (Å²) >= 11 is 5.73. The average molecular weight is 250 g/mol. The second kappa shape index (κ2) is 4.97. The molecule has 0 spiro atoms. The van der Waals surface area contributed by atoms with Crippen LogP contribution in [0.1, 0.15) is 10.4 Å². The van der Waals surface area contributed by atoms with Crippen molar-refractivity contribution in [2.75, 3.05) is 5.32 Å². The fourth-order valence-corrected chi connectivity index (χ4v) is 1.55. The van der Waals surface area contributed by atoms with Crippen molar-refractivity contribution in [2.45, 2.75) is 0 Å². The van der Waals surface area contributed by atoms with Gasteiger partial charge in [-0.2, -0.15) is 0 Å². The van der Waals surface area contributed by atoms with Gasteiger partial charge in [0.15, 0.2) is 0 Å². The van der Waals surface area contributed by atoms with Crippen LogP contribution in [0.2, 0.25) is 5.02 Å². The maximum atomic E-state index is 13.4. The number of nitrogens with one attached hydrogen (secondary N) is 1. The number of anilines is 1. The quantitative estimate of drug-likeness (QED) is 0.863. The second-order valence-electron chi connectivity index (χ2n) is 3.44. The molecule has 0 unspecified atom stereocenters. The molecule has 2 aromatic carbocycles. The van der Waals surface area contributed by atoms with E-state index < -0.39 is 5.82 Å². The zero-order valence-corrected chi connectivity index (χ0v) is 9.54. The summed E-state index contributed by atoms with van der Waals surface area (Å²) < 4.78 is 13.4. The third-order valence-electron chi connectivity index (χ3n) is 2.21. The van der Waals surface area contributed by atoms with Gasteiger partial charge in [0.05, 0.1) is 5.69 Å². The van der Waals surface area contributed by atoms with Crippen molar-refractivity contribution in [2.24, 2.45) is 0 Å². The third kappa shape index (κ3) is 2.82. The Morgan fingerprint density at radius 1 is 1.12 bits per heavy atom. The molecule has 4 heteroatoms. The Morgan fingerprint density at radius 2 is 1.82 bits per heavy atom. The highest BCUT2D eigenvalue weighted by Gasteiger charge is 2.08. The van der Waals surface area contributed by atoms with E-state index in [0.29, 0.717) is 10.6 Å². The normalized spacial score (nSPS) is 10.0. The molecule has 2 rings (SSSR count). The van der Waals surface area contributed by atoms with Crippen LogP contribution in [-0.2, 0) is 0 Å². The highest BCUT2D eigenvalue weighted by Crippen LogP contribution is 2.20. The summed E-state index contributed by atoms with van der Waals surface area (Å²) in [6.45, 7) is 0. The lowest BCUT2D eigenvalue weighted by Crippen LogP contribution is -2.12. The summed E-state index contributed by atoms with van der Waals surface area (Å²) in [7, 11) is 0. The zero-order valence-electron chi connectivity index (χ0n) is 8.78. The Kier molecular flexibility index (Phi) is 3.40. The van der Waals surface area contributed by atoms with Crippen LogP contribution in [0, 0.1) is 5.82 Å². The van der Waals surface area contributed by atoms with Gasteiger partial charge in [-0.05, 0) is 30.3 Å². The molecule has 2 aromatic rings. The minimum atomic E-state index is -0.515. The van der Waals surface area contributed by atoms with Crippen LogP contribution in [0.4, 0.5) is 10.1 Å². The SMILES string of the molecule is O=C(Nc1cc(Cl)ccc1F)c1ccccc1. The molecule has 0 aliphatic carbocycles. The van der Waals surface area contributed by atoms with E-state index >= 15 is 0 Å². The number of rotatable bonds is 2. The number of hydrogen-bond acceptors (Lipinski definition) is 1. The van der Waals surface area contributed by atoms with Gasteiger partial charge in [0.1, 0.15) is 5.82 Å². The van der Waals surface area contributed by atoms with Gasteiger partial charge in [0.25, 0.3) is 5.91 Å². The largest absolute Gasteiger partial charge is 0.319 e. The van der Waals surface area contributed by atoms with Crippen LogP contribution >= 0.6 is 11.6 Å². The van der Waals surface area contributed by atoms with E-state index in [9.17, 15) is 9.18 Å². The van der Waals surface area contributed by atoms with Crippen molar-refractivity contribution in [1.29, 1.82) is 0 Å². The first-order valence-corrected chi connectivity index (χ1v) is 5.36. The number of halogens is 2. The molecule has 0 heterocycles. The maximum Gasteiger partial charge on any atom is 0.255 e. The fourth-order valence-electron chi connectivity index (χ4n) is 1.38. The van der Waals surface area contributed by atoms with Crippen molar-refractivity contribution >= 4 is 23.2 Å². The number of carbonyl (C=O) groups is 1. The van der Waals surface area contributed by atoms with Gasteiger partial charge in [0, 0.05) is 10.6 Å². The summed E-state index contributed by atoms with van der Waals surface area (Å²) in [5, 5.41) is 2.84. The van der Waals surface area contributed by atoms with E-state index in [2.05, 4.69) is 5.32 Å². The van der Waals surface area contributed by atoms with Crippen molar-refractivity contribution in [3.63, 3.8) is 0 Å². The average Bonchev–Trinajstić information content (AvgIpc) is 2.35. The lowest BCUT2D eigenvalue weighted by atomic mass is 10.2. The first-order chi connectivity index (χ1) is 8.16. The summed E-state index contributed by atoms with van der Waals surface area (Å²) in [5.74, 6) is -0.884. The van der Waals surface area contributed by atoms with Crippen molar-refractivity contribution in [3.8, 4) is 0 Å². The smallest absolute Gasteiger partial charge is 0.255 e. The fraction of sp³-hybridized carbons (Fsp3) is 0. The highest BCUT2D eigenvalue weighted by atomic mass is 35.5. The topological polar surface area (TPSA) is 29.1 Å². The van der Waals surface area contributed by atoms with Gasteiger partial charge in [-0.3, -0.25) is 4.79 Å². The van der Waals surface area contributed by atoms with E-state index in [1.807, 2.05) is 0 Å². The molecule has 0 atom stereocenters. The van der Waals surface area contributed by atoms with Gasteiger partial charge in [-0.25, -0.2) is 4.39 Å². The van der Waals surface area contributed by atoms with E-state index in [-0.39, 0.29) is 11.6 Å². The van der Waals surface area contributed by atoms with Crippen molar-refractivity contribution < 1.29 is 9.18 Å². The van der Waals surface area contributed by atoms with Crippen LogP contribution in [0.5, 0.6) is 0 Å². The molecule has 86 valence electrons. The predicted molar refractivity (Wildman–Crippen MR) is 65.8 cm³/mol. The summed E-state index contributed by atoms with van der Waals surface area (Å²) in [5.41, 5.74) is 0.540. The van der Waals surface area contributed by atoms with E-state index in [1.165, 1.54) is 18.2 Å². The molecule has 0 aliphatic rings. The molecule has 0 radical (unpaired) electrons. The Hall–Kier alpha value is -1.87. The van der Waals surface area contributed by atoms with E-state index in [4.69, 9.17) is 11.6 Å². The summed E-state index contributed by atoms with van der Waals surface area (Å²) in [6, 6.07) is 12.6. The summed E-state index contributed by atoms with van der Waals surface area (Å²) in [4.78, 5) is 11.8. The number of hydrogen-bond donors (Lipinski definition) is 1. The Balaban J connectivity index is 2.22. The molecule has 0 aliphatic heterocycles. The lowest BCUT2D eigenvalue weighted by Gasteiger charge is -2.06. The molecule has 17 heavy (non-hydrogen) atoms. The molecule has 2 nitrogen and oxygen atoms in total. The molecule has 0 fully saturated rings. The first kappa shape index (κ1) is 11.6. The molecule has 0 aromatic heterocycles. The molecule has 0 bridgehead atoms. The molecule has 0 saturated heterocycles. The molecular weight excluding hydrogens is 241 g/mol. The van der Waals surface area contributed by atoms with Gasteiger partial charge in [0.2, 0.25) is 0 Å². The number of carbonyl (C=O) groups excluding carboxylic acids is 1. The van der Waals surface area contributed by atoms with E-state index in [1.54, 1.807) is 30.3 Å². The van der Waals surface area contributed by atoms with Crippen LogP contribution < -0.4 is 5.32 Å². The zero-order chi connectivity index (χ0) is 12.3. The lowest BCUT2D eigenvalue weighted by molar-refractivity contribution is 0.102. The highest BCUT2D eigenvalue weighted by molar-refractivity contribution is 6.31. The van der Waals surface area contributed by atoms with Gasteiger partial charge in [-0.15, -0.1) is 0 Å². The maximum absolute atomic E-state index is 13.4. The van der Waals surface area contributed by atoms with Crippen LogP contribution in [-0.4, -0.2) is 5.91 Å². The van der Waals surface area contributed by atoms with E-state index in [0.717, 1.165) is 0 Å². The molecule has 0 saturated carbocycles. The van der Waals surface area contributed by atoms with Crippen molar-refractivity contribution in [3.05, 3.63) is 64.9 Å². The summed E-state index contributed by atoms with van der Waals surface area (Å²) in [6.07, 6.45) is 0. The first-order valence-electron chi connectivity index (χ1n) is 4.98. The Bertz CT molecular complexity index is 542. The van der Waals surface area contributed by atoms with Crippen LogP contribution in [0.3, 0.4) is 0 Å². The number of amides is 1. The molecular formula is C13H9ClFNO.